The van der Waals surface area contributed by atoms with Crippen molar-refractivity contribution in [3.63, 3.8) is 0 Å². The van der Waals surface area contributed by atoms with Gasteiger partial charge in [-0.2, -0.15) is 0 Å². The number of pyridine rings is 1. The van der Waals surface area contributed by atoms with E-state index in [0.717, 1.165) is 38.4 Å². The fourth-order valence-electron chi connectivity index (χ4n) is 4.20. The molecule has 6 nitrogen and oxygen atoms in total. The number of hydrogen-bond acceptors (Lipinski definition) is 4. The topological polar surface area (TPSA) is 55.8 Å². The predicted octanol–water partition coefficient (Wildman–Crippen LogP) is 2.55. The van der Waals surface area contributed by atoms with Gasteiger partial charge in [-0.3, -0.25) is 4.99 Å². The van der Waals surface area contributed by atoms with Crippen LogP contribution < -0.4 is 20.4 Å². The summed E-state index contributed by atoms with van der Waals surface area (Å²) in [6.07, 6.45) is 4.90. The Morgan fingerprint density at radius 3 is 3.03 bits per heavy atom. The van der Waals surface area contributed by atoms with Crippen molar-refractivity contribution in [2.75, 3.05) is 43.5 Å². The highest BCUT2D eigenvalue weighted by Gasteiger charge is 2.26. The number of aromatic nitrogens is 1. The van der Waals surface area contributed by atoms with E-state index < -0.39 is 0 Å². The van der Waals surface area contributed by atoms with Gasteiger partial charge in [-0.05, 0) is 48.6 Å². The van der Waals surface area contributed by atoms with E-state index in [2.05, 4.69) is 50.8 Å². The van der Waals surface area contributed by atoms with Gasteiger partial charge in [0.1, 0.15) is 0 Å². The molecule has 0 aliphatic carbocycles. The van der Waals surface area contributed by atoms with Gasteiger partial charge < -0.3 is 20.4 Å². The third-order valence-corrected chi connectivity index (χ3v) is 5.75. The number of hydrogen-bond donors (Lipinski definition) is 2. The minimum absolute atomic E-state index is 0.208. The first-order chi connectivity index (χ1) is 14.1. The molecule has 2 aromatic rings. The molecule has 29 heavy (non-hydrogen) atoms. The molecule has 3 heterocycles. The molecule has 1 aromatic heterocycles. The number of benzene rings is 1. The summed E-state index contributed by atoms with van der Waals surface area (Å²) in [4.78, 5) is 12.9. The number of fused-ring (bicyclic) bond motifs is 1. The Morgan fingerprint density at radius 2 is 2.21 bits per heavy atom. The molecule has 0 spiro atoms. The first kappa shape index (κ1) is 19.5. The van der Waals surface area contributed by atoms with Crippen molar-refractivity contribution in [1.82, 2.24) is 15.6 Å². The molecule has 1 saturated heterocycles. The fourth-order valence-corrected chi connectivity index (χ4v) is 4.20. The number of anilines is 2. The summed E-state index contributed by atoms with van der Waals surface area (Å²) in [5.41, 5.74) is 4.02. The normalized spacial score (nSPS) is 19.3. The molecular formula is C22H29FN6. The van der Waals surface area contributed by atoms with E-state index in [9.17, 15) is 4.39 Å². The monoisotopic (exact) mass is 396 g/mol. The summed E-state index contributed by atoms with van der Waals surface area (Å²) < 4.78 is 14.0. The number of halogens is 1. The summed E-state index contributed by atoms with van der Waals surface area (Å²) in [7, 11) is 3.94. The first-order valence-corrected chi connectivity index (χ1v) is 10.3. The minimum Gasteiger partial charge on any atom is -0.374 e. The van der Waals surface area contributed by atoms with Gasteiger partial charge in [0.15, 0.2) is 17.6 Å². The molecule has 2 N–H and O–H groups in total. The zero-order valence-electron chi connectivity index (χ0n) is 17.2. The van der Waals surface area contributed by atoms with Crippen molar-refractivity contribution in [3.8, 4) is 0 Å². The van der Waals surface area contributed by atoms with Gasteiger partial charge >= 0.3 is 0 Å². The highest BCUT2D eigenvalue weighted by Crippen LogP contribution is 2.26. The predicted molar refractivity (Wildman–Crippen MR) is 116 cm³/mol. The fraction of sp³-hybridized carbons (Fsp3) is 0.455. The second-order valence-corrected chi connectivity index (χ2v) is 7.80. The Bertz CT molecular complexity index is 883. The molecule has 1 unspecified atom stereocenters. The summed E-state index contributed by atoms with van der Waals surface area (Å²) in [5.74, 6) is 0.931. The van der Waals surface area contributed by atoms with E-state index in [4.69, 9.17) is 0 Å². The number of aryl methyl sites for hydroxylation is 1. The molecule has 7 heteroatoms. The Kier molecular flexibility index (Phi) is 5.83. The van der Waals surface area contributed by atoms with Gasteiger partial charge in [-0.1, -0.05) is 12.1 Å². The third kappa shape index (κ3) is 4.44. The lowest BCUT2D eigenvalue weighted by atomic mass is 9.99. The van der Waals surface area contributed by atoms with Crippen LogP contribution in [0.5, 0.6) is 0 Å². The first-order valence-electron chi connectivity index (χ1n) is 10.3. The van der Waals surface area contributed by atoms with E-state index in [1.165, 1.54) is 29.3 Å². The van der Waals surface area contributed by atoms with E-state index in [1.54, 1.807) is 19.3 Å². The molecule has 1 atom stereocenters. The maximum Gasteiger partial charge on any atom is 0.191 e. The lowest BCUT2D eigenvalue weighted by molar-refractivity contribution is 0.612. The molecule has 154 valence electrons. The van der Waals surface area contributed by atoms with Crippen molar-refractivity contribution in [1.29, 1.82) is 0 Å². The number of guanidine groups is 1. The Balaban J connectivity index is 1.32. The van der Waals surface area contributed by atoms with Crippen LogP contribution in [0.15, 0.2) is 41.5 Å². The molecule has 0 amide bonds. The maximum absolute atomic E-state index is 14.0. The zero-order valence-corrected chi connectivity index (χ0v) is 17.2. The summed E-state index contributed by atoms with van der Waals surface area (Å²) in [5, 5.41) is 6.88. The van der Waals surface area contributed by atoms with Crippen molar-refractivity contribution in [2.24, 2.45) is 4.99 Å². The van der Waals surface area contributed by atoms with E-state index in [1.807, 2.05) is 4.90 Å². The Labute approximate surface area is 171 Å². The molecule has 4 rings (SSSR count). The van der Waals surface area contributed by atoms with E-state index >= 15 is 0 Å². The van der Waals surface area contributed by atoms with Crippen molar-refractivity contribution in [3.05, 3.63) is 53.5 Å². The van der Waals surface area contributed by atoms with Crippen molar-refractivity contribution in [2.45, 2.75) is 31.8 Å². The van der Waals surface area contributed by atoms with Gasteiger partial charge in [0.05, 0.1) is 0 Å². The second kappa shape index (κ2) is 8.68. The van der Waals surface area contributed by atoms with Crippen molar-refractivity contribution >= 4 is 17.5 Å². The molecule has 1 aromatic carbocycles. The Morgan fingerprint density at radius 1 is 1.31 bits per heavy atom. The van der Waals surface area contributed by atoms with E-state index in [0.29, 0.717) is 12.4 Å². The van der Waals surface area contributed by atoms with Gasteiger partial charge in [0.2, 0.25) is 0 Å². The van der Waals surface area contributed by atoms with Gasteiger partial charge in [0.25, 0.3) is 0 Å². The number of nitrogens with one attached hydrogen (secondary N) is 2. The highest BCUT2D eigenvalue weighted by molar-refractivity contribution is 5.80. The second-order valence-electron chi connectivity index (χ2n) is 7.80. The van der Waals surface area contributed by atoms with Crippen LogP contribution in [-0.2, 0) is 13.0 Å². The quantitative estimate of drug-likeness (QED) is 0.615. The minimum atomic E-state index is -0.270. The highest BCUT2D eigenvalue weighted by atomic mass is 19.1. The average molecular weight is 397 g/mol. The molecule has 2 aliphatic heterocycles. The van der Waals surface area contributed by atoms with Crippen LogP contribution in [0.4, 0.5) is 15.9 Å². The van der Waals surface area contributed by atoms with Crippen LogP contribution in [0.2, 0.25) is 0 Å². The number of aliphatic imine (C=N–C) groups is 1. The lowest BCUT2D eigenvalue weighted by Crippen LogP contribution is -2.44. The van der Waals surface area contributed by atoms with Gasteiger partial charge in [-0.25, -0.2) is 9.37 Å². The van der Waals surface area contributed by atoms with Gasteiger partial charge in [0, 0.05) is 58.2 Å². The molecule has 2 aliphatic rings. The largest absolute Gasteiger partial charge is 0.374 e. The summed E-state index contributed by atoms with van der Waals surface area (Å²) >= 11 is 0. The van der Waals surface area contributed by atoms with Crippen LogP contribution in [0, 0.1) is 5.82 Å². The number of nitrogens with zero attached hydrogens (tertiary/aromatic N) is 4. The Hall–Kier alpha value is -2.83. The molecule has 0 radical (unpaired) electrons. The van der Waals surface area contributed by atoms with Crippen LogP contribution in [0.25, 0.3) is 0 Å². The molecule has 0 bridgehead atoms. The summed E-state index contributed by atoms with van der Waals surface area (Å²) in [6.45, 7) is 3.34. The smallest absolute Gasteiger partial charge is 0.191 e. The number of rotatable bonds is 4. The molecule has 0 saturated carbocycles. The van der Waals surface area contributed by atoms with Gasteiger partial charge in [-0.15, -0.1) is 0 Å². The molecule has 1 fully saturated rings. The molecular weight excluding hydrogens is 367 g/mol. The van der Waals surface area contributed by atoms with Crippen LogP contribution in [0.1, 0.15) is 24.0 Å². The van der Waals surface area contributed by atoms with Crippen LogP contribution in [0.3, 0.4) is 0 Å². The third-order valence-electron chi connectivity index (χ3n) is 5.75. The lowest BCUT2D eigenvalue weighted by Gasteiger charge is -2.28. The zero-order chi connectivity index (χ0) is 20.2. The van der Waals surface area contributed by atoms with Crippen LogP contribution >= 0.6 is 0 Å². The van der Waals surface area contributed by atoms with E-state index in [-0.39, 0.29) is 11.9 Å². The van der Waals surface area contributed by atoms with Crippen molar-refractivity contribution < 1.29 is 4.39 Å². The summed E-state index contributed by atoms with van der Waals surface area (Å²) in [6, 6.07) is 9.99. The standard InChI is InChI=1S/C22H29FN6/c1-24-22(26-14-16-7-8-20-17(13-16)5-4-11-28(20)2)27-18-9-12-29(15-18)21-19(23)6-3-10-25-21/h3,6-8,10,13,18H,4-5,9,11-12,14-15H2,1-2H3,(H2,24,26,27). The van der Waals surface area contributed by atoms with Crippen LogP contribution in [-0.4, -0.2) is 50.7 Å². The average Bonchev–Trinajstić information content (AvgIpc) is 3.20. The SMILES string of the molecule is CN=C(NCc1ccc2c(c1)CCCN2C)NC1CCN(c2ncccc2F)C1. The maximum atomic E-state index is 14.0.